The monoisotopic (exact) mass is 418 g/mol. The lowest BCUT2D eigenvalue weighted by molar-refractivity contribution is 0.0730. The van der Waals surface area contributed by atoms with Crippen molar-refractivity contribution in [2.75, 3.05) is 13.7 Å². The van der Waals surface area contributed by atoms with Crippen LogP contribution in [0.3, 0.4) is 0 Å². The number of hydrogen-bond donors (Lipinski definition) is 1. The van der Waals surface area contributed by atoms with Crippen LogP contribution in [0.15, 0.2) is 36.9 Å². The maximum atomic E-state index is 12.9. The first-order valence-electron chi connectivity index (χ1n) is 10.6. The third kappa shape index (κ3) is 3.37. The SMILES string of the molecule is COc1nc2c(cc1CN1CCc3[nH]cnc3C1c1cccnc1)C(=O)N(C(C)C)C2. The van der Waals surface area contributed by atoms with Gasteiger partial charge in [-0.15, -0.1) is 0 Å². The van der Waals surface area contributed by atoms with Crippen molar-refractivity contribution in [3.63, 3.8) is 0 Å². The summed E-state index contributed by atoms with van der Waals surface area (Å²) in [6.45, 7) is 6.03. The topological polar surface area (TPSA) is 87.2 Å². The fourth-order valence-corrected chi connectivity index (χ4v) is 4.60. The predicted octanol–water partition coefficient (Wildman–Crippen LogP) is 2.72. The summed E-state index contributed by atoms with van der Waals surface area (Å²) in [5, 5.41) is 0. The number of H-pyrrole nitrogens is 1. The number of fused-ring (bicyclic) bond motifs is 2. The van der Waals surface area contributed by atoms with Crippen LogP contribution in [0.25, 0.3) is 0 Å². The Bertz CT molecular complexity index is 1110. The molecule has 8 nitrogen and oxygen atoms in total. The smallest absolute Gasteiger partial charge is 0.256 e. The summed E-state index contributed by atoms with van der Waals surface area (Å²) in [6.07, 6.45) is 6.31. The Hall–Kier alpha value is -3.26. The second kappa shape index (κ2) is 7.77. The number of nitrogens with zero attached hydrogens (tertiary/aromatic N) is 5. The van der Waals surface area contributed by atoms with Crippen molar-refractivity contribution >= 4 is 5.91 Å². The number of methoxy groups -OCH3 is 1. The average molecular weight is 419 g/mol. The highest BCUT2D eigenvalue weighted by atomic mass is 16.5. The predicted molar refractivity (Wildman–Crippen MR) is 115 cm³/mol. The van der Waals surface area contributed by atoms with Gasteiger partial charge in [0, 0.05) is 49.2 Å². The number of imidazole rings is 1. The third-order valence-corrected chi connectivity index (χ3v) is 6.17. The maximum absolute atomic E-state index is 12.9. The highest BCUT2D eigenvalue weighted by molar-refractivity contribution is 5.98. The van der Waals surface area contributed by atoms with Crippen LogP contribution in [0.2, 0.25) is 0 Å². The van der Waals surface area contributed by atoms with Gasteiger partial charge in [0.1, 0.15) is 0 Å². The Labute approximate surface area is 181 Å². The summed E-state index contributed by atoms with van der Waals surface area (Å²) in [4.78, 5) is 34.0. The number of ether oxygens (including phenoxy) is 1. The van der Waals surface area contributed by atoms with Crippen molar-refractivity contribution in [2.24, 2.45) is 0 Å². The standard InChI is InChI=1S/C23H26N6O2/c1-14(2)29-12-19-17(23(29)30)9-16(22(27-19)31-3)11-28-8-6-18-20(26-13-25-18)21(28)15-5-4-7-24-10-15/h4-5,7,9-10,13-14,21H,6,8,11-12H2,1-3H3,(H,25,26). The number of hydrogen-bond acceptors (Lipinski definition) is 6. The molecule has 8 heteroatoms. The zero-order valence-corrected chi connectivity index (χ0v) is 18.0. The lowest BCUT2D eigenvalue weighted by Crippen LogP contribution is -2.36. The van der Waals surface area contributed by atoms with Gasteiger partial charge in [-0.25, -0.2) is 9.97 Å². The summed E-state index contributed by atoms with van der Waals surface area (Å²) in [6, 6.07) is 6.10. The highest BCUT2D eigenvalue weighted by Crippen LogP contribution is 2.36. The van der Waals surface area contributed by atoms with E-state index in [1.165, 1.54) is 0 Å². The molecule has 0 aromatic carbocycles. The Morgan fingerprint density at radius 2 is 2.23 bits per heavy atom. The van der Waals surface area contributed by atoms with Gasteiger partial charge in [0.15, 0.2) is 0 Å². The molecule has 2 aliphatic heterocycles. The molecule has 3 aromatic rings. The molecule has 31 heavy (non-hydrogen) atoms. The second-order valence-corrected chi connectivity index (χ2v) is 8.35. The van der Waals surface area contributed by atoms with Crippen LogP contribution >= 0.6 is 0 Å². The van der Waals surface area contributed by atoms with Crippen molar-refractivity contribution < 1.29 is 9.53 Å². The van der Waals surface area contributed by atoms with Crippen LogP contribution in [0, 0.1) is 0 Å². The van der Waals surface area contributed by atoms with E-state index in [0.717, 1.165) is 41.2 Å². The molecule has 0 bridgehead atoms. The van der Waals surface area contributed by atoms with E-state index in [1.807, 2.05) is 37.1 Å². The molecule has 0 radical (unpaired) electrons. The molecular weight excluding hydrogens is 392 g/mol. The van der Waals surface area contributed by atoms with E-state index in [4.69, 9.17) is 9.72 Å². The summed E-state index contributed by atoms with van der Waals surface area (Å²) in [7, 11) is 1.63. The van der Waals surface area contributed by atoms with E-state index in [0.29, 0.717) is 24.5 Å². The fourth-order valence-electron chi connectivity index (χ4n) is 4.60. The fraction of sp³-hybridized carbons (Fsp3) is 0.391. The number of aromatic amines is 1. The minimum absolute atomic E-state index is 0.0236. The molecule has 1 unspecified atom stereocenters. The molecule has 0 aliphatic carbocycles. The molecule has 2 aliphatic rings. The second-order valence-electron chi connectivity index (χ2n) is 8.35. The quantitative estimate of drug-likeness (QED) is 0.686. The van der Waals surface area contributed by atoms with Crippen LogP contribution in [0.4, 0.5) is 0 Å². The average Bonchev–Trinajstić information content (AvgIpc) is 3.38. The van der Waals surface area contributed by atoms with Crippen LogP contribution in [0.5, 0.6) is 5.88 Å². The lowest BCUT2D eigenvalue weighted by Gasteiger charge is -2.35. The molecule has 1 atom stereocenters. The first-order valence-corrected chi connectivity index (χ1v) is 10.6. The maximum Gasteiger partial charge on any atom is 0.256 e. The third-order valence-electron chi connectivity index (χ3n) is 6.17. The van der Waals surface area contributed by atoms with Gasteiger partial charge in [-0.05, 0) is 31.5 Å². The number of pyridine rings is 2. The Morgan fingerprint density at radius 3 is 2.97 bits per heavy atom. The number of rotatable bonds is 5. The van der Waals surface area contributed by atoms with Crippen LogP contribution < -0.4 is 4.74 Å². The first kappa shape index (κ1) is 19.7. The Kier molecular flexibility index (Phi) is 4.94. The molecule has 5 heterocycles. The van der Waals surface area contributed by atoms with Gasteiger partial charge in [0.05, 0.1) is 43.0 Å². The van der Waals surface area contributed by atoms with Gasteiger partial charge in [0.25, 0.3) is 5.91 Å². The summed E-state index contributed by atoms with van der Waals surface area (Å²) in [5.41, 5.74) is 5.65. The zero-order chi connectivity index (χ0) is 21.5. The van der Waals surface area contributed by atoms with Crippen molar-refractivity contribution in [1.29, 1.82) is 0 Å². The van der Waals surface area contributed by atoms with Crippen LogP contribution in [-0.4, -0.2) is 55.3 Å². The van der Waals surface area contributed by atoms with Gasteiger partial charge < -0.3 is 14.6 Å². The zero-order valence-electron chi connectivity index (χ0n) is 18.0. The number of carbonyl (C=O) groups is 1. The molecule has 3 aromatic heterocycles. The minimum atomic E-state index is -0.0236. The Morgan fingerprint density at radius 1 is 1.35 bits per heavy atom. The molecule has 0 spiro atoms. The van der Waals surface area contributed by atoms with E-state index in [1.54, 1.807) is 19.6 Å². The summed E-state index contributed by atoms with van der Waals surface area (Å²) in [5.74, 6) is 0.619. The van der Waals surface area contributed by atoms with Crippen molar-refractivity contribution in [2.45, 2.75) is 45.4 Å². The minimum Gasteiger partial charge on any atom is -0.481 e. The largest absolute Gasteiger partial charge is 0.481 e. The molecule has 1 amide bonds. The Balaban J connectivity index is 1.52. The van der Waals surface area contributed by atoms with E-state index >= 15 is 0 Å². The molecule has 5 rings (SSSR count). The number of aromatic nitrogens is 4. The molecular formula is C23H26N6O2. The van der Waals surface area contributed by atoms with Crippen LogP contribution in [0.1, 0.15) is 58.5 Å². The normalized spacial score (nSPS) is 18.4. The summed E-state index contributed by atoms with van der Waals surface area (Å²) >= 11 is 0. The van der Waals surface area contributed by atoms with Crippen LogP contribution in [-0.2, 0) is 19.5 Å². The van der Waals surface area contributed by atoms with Crippen molar-refractivity contribution in [3.8, 4) is 5.88 Å². The molecule has 160 valence electrons. The van der Waals surface area contributed by atoms with E-state index in [9.17, 15) is 4.79 Å². The van der Waals surface area contributed by atoms with E-state index in [2.05, 4.69) is 25.9 Å². The summed E-state index contributed by atoms with van der Waals surface area (Å²) < 4.78 is 5.64. The molecule has 0 fully saturated rings. The highest BCUT2D eigenvalue weighted by Gasteiger charge is 2.35. The van der Waals surface area contributed by atoms with E-state index < -0.39 is 0 Å². The number of nitrogens with one attached hydrogen (secondary N) is 1. The molecule has 1 N–H and O–H groups in total. The van der Waals surface area contributed by atoms with Crippen molar-refractivity contribution in [3.05, 3.63) is 70.7 Å². The number of amides is 1. The van der Waals surface area contributed by atoms with Gasteiger partial charge in [-0.2, -0.15) is 0 Å². The van der Waals surface area contributed by atoms with Gasteiger partial charge in [-0.3, -0.25) is 14.7 Å². The van der Waals surface area contributed by atoms with Gasteiger partial charge in [-0.1, -0.05) is 6.07 Å². The van der Waals surface area contributed by atoms with Crippen molar-refractivity contribution in [1.82, 2.24) is 29.7 Å². The van der Waals surface area contributed by atoms with Gasteiger partial charge in [0.2, 0.25) is 5.88 Å². The lowest BCUT2D eigenvalue weighted by atomic mass is 9.96. The molecule has 0 saturated carbocycles. The first-order chi connectivity index (χ1) is 15.1. The number of carbonyl (C=O) groups excluding carboxylic acids is 1. The molecule has 0 saturated heterocycles. The van der Waals surface area contributed by atoms with Gasteiger partial charge >= 0.3 is 0 Å². The van der Waals surface area contributed by atoms with E-state index in [-0.39, 0.29) is 18.0 Å².